The minimum Gasteiger partial charge on any atom is -0.501 e. The fraction of sp³-hybridized carbons (Fsp3) is 0. The molecular weight excluding hydrogens is 351 g/mol. The molecule has 0 aliphatic carbocycles. The van der Waals surface area contributed by atoms with Gasteiger partial charge in [0, 0.05) is 17.1 Å². The van der Waals surface area contributed by atoms with E-state index in [0.29, 0.717) is 0 Å². The predicted molar refractivity (Wildman–Crippen MR) is 86.8 cm³/mol. The van der Waals surface area contributed by atoms with Crippen LogP contribution >= 0.6 is 0 Å². The van der Waals surface area contributed by atoms with E-state index in [2.05, 4.69) is 5.32 Å². The number of carbonyl (C=O) groups excluding carboxylic acids is 1. The molecule has 132 valence electrons. The highest BCUT2D eigenvalue weighted by Crippen LogP contribution is 2.41. The molecule has 0 atom stereocenters. The Kier molecular flexibility index (Phi) is 4.01. The molecule has 26 heavy (non-hydrogen) atoms. The molecule has 1 aromatic heterocycles. The molecule has 3 rings (SSSR count). The van der Waals surface area contributed by atoms with E-state index < -0.39 is 50.6 Å². The van der Waals surface area contributed by atoms with Gasteiger partial charge in [-0.15, -0.1) is 0 Å². The minimum absolute atomic E-state index is 0.143. The van der Waals surface area contributed by atoms with Crippen LogP contribution in [0.2, 0.25) is 0 Å². The van der Waals surface area contributed by atoms with Gasteiger partial charge in [0.2, 0.25) is 11.5 Å². The van der Waals surface area contributed by atoms with Crippen LogP contribution in [0.25, 0.3) is 11.0 Å². The maximum atomic E-state index is 12.9. The van der Waals surface area contributed by atoms with Crippen molar-refractivity contribution in [2.45, 2.75) is 0 Å². The van der Waals surface area contributed by atoms with Gasteiger partial charge in [0.05, 0.1) is 4.92 Å². The first-order chi connectivity index (χ1) is 12.3. The number of nitrogens with one attached hydrogen (secondary N) is 1. The third-order valence-corrected chi connectivity index (χ3v) is 3.49. The summed E-state index contributed by atoms with van der Waals surface area (Å²) in [6.45, 7) is 0. The van der Waals surface area contributed by atoms with E-state index in [1.807, 2.05) is 0 Å². The van der Waals surface area contributed by atoms with E-state index in [0.717, 1.165) is 24.3 Å². The summed E-state index contributed by atoms with van der Waals surface area (Å²) in [5.41, 5.74) is -2.76. The number of hydrogen-bond acceptors (Lipinski definition) is 7. The van der Waals surface area contributed by atoms with Crippen molar-refractivity contribution in [1.29, 1.82) is 0 Å². The zero-order valence-corrected chi connectivity index (χ0v) is 12.7. The fourth-order valence-electron chi connectivity index (χ4n) is 2.25. The lowest BCUT2D eigenvalue weighted by molar-refractivity contribution is -0.385. The van der Waals surface area contributed by atoms with Gasteiger partial charge < -0.3 is 19.9 Å². The Morgan fingerprint density at radius 1 is 1.15 bits per heavy atom. The van der Waals surface area contributed by atoms with Gasteiger partial charge >= 0.3 is 11.3 Å². The Morgan fingerprint density at radius 2 is 1.81 bits per heavy atom. The first kappa shape index (κ1) is 16.9. The molecule has 0 aliphatic heterocycles. The van der Waals surface area contributed by atoms with Crippen molar-refractivity contribution in [3.05, 3.63) is 68.3 Å². The van der Waals surface area contributed by atoms with Crippen molar-refractivity contribution in [3.63, 3.8) is 0 Å². The first-order valence-corrected chi connectivity index (χ1v) is 7.02. The van der Waals surface area contributed by atoms with Gasteiger partial charge in [-0.3, -0.25) is 14.9 Å². The number of halogens is 1. The molecule has 0 fully saturated rings. The molecule has 3 aromatic rings. The zero-order valence-electron chi connectivity index (χ0n) is 12.7. The van der Waals surface area contributed by atoms with Crippen molar-refractivity contribution < 1.29 is 28.7 Å². The summed E-state index contributed by atoms with van der Waals surface area (Å²) in [5.74, 6) is -3.47. The molecule has 0 unspecified atom stereocenters. The average Bonchev–Trinajstić information content (AvgIpc) is 2.59. The summed E-state index contributed by atoms with van der Waals surface area (Å²) in [6, 6.07) is 6.56. The second kappa shape index (κ2) is 6.16. The monoisotopic (exact) mass is 360 g/mol. The Bertz CT molecular complexity index is 1110. The van der Waals surface area contributed by atoms with Crippen LogP contribution in [0.15, 0.2) is 45.6 Å². The average molecular weight is 360 g/mol. The minimum atomic E-state index is -1.14. The number of nitrogens with zero attached hydrogens (tertiary/aromatic N) is 1. The number of anilines is 1. The molecule has 1 heterocycles. The summed E-state index contributed by atoms with van der Waals surface area (Å²) < 4.78 is 17.7. The van der Waals surface area contributed by atoms with Crippen LogP contribution < -0.4 is 10.9 Å². The third-order valence-electron chi connectivity index (χ3n) is 3.49. The number of fused-ring (bicyclic) bond motifs is 1. The normalized spacial score (nSPS) is 10.7. The van der Waals surface area contributed by atoms with Gasteiger partial charge in [-0.1, -0.05) is 0 Å². The molecule has 0 saturated heterocycles. The van der Waals surface area contributed by atoms with Crippen LogP contribution in [-0.4, -0.2) is 21.0 Å². The molecule has 3 N–H and O–H groups in total. The second-order valence-corrected chi connectivity index (χ2v) is 5.18. The van der Waals surface area contributed by atoms with Crippen LogP contribution in [0, 0.1) is 15.9 Å². The summed E-state index contributed by atoms with van der Waals surface area (Å²) in [5, 5.41) is 32.5. The molecule has 9 nitrogen and oxygen atoms in total. The number of benzene rings is 2. The number of hydrogen-bond donors (Lipinski definition) is 3. The molecule has 10 heteroatoms. The molecule has 0 bridgehead atoms. The van der Waals surface area contributed by atoms with E-state index >= 15 is 0 Å². The first-order valence-electron chi connectivity index (χ1n) is 7.02. The lowest BCUT2D eigenvalue weighted by atomic mass is 10.1. The molecule has 0 radical (unpaired) electrons. The van der Waals surface area contributed by atoms with Crippen LogP contribution in [0.1, 0.15) is 10.4 Å². The fourth-order valence-corrected chi connectivity index (χ4v) is 2.25. The molecule has 1 amide bonds. The summed E-state index contributed by atoms with van der Waals surface area (Å²) in [7, 11) is 0. The number of rotatable bonds is 3. The highest BCUT2D eigenvalue weighted by molar-refractivity contribution is 6.06. The number of carbonyl (C=O) groups is 1. The van der Waals surface area contributed by atoms with Crippen molar-refractivity contribution in [1.82, 2.24) is 0 Å². The number of nitro benzene ring substituents is 1. The lowest BCUT2D eigenvalue weighted by Gasteiger charge is -2.07. The van der Waals surface area contributed by atoms with Crippen molar-refractivity contribution in [3.8, 4) is 11.5 Å². The Hall–Kier alpha value is -3.95. The van der Waals surface area contributed by atoms with E-state index in [9.17, 15) is 34.3 Å². The summed E-state index contributed by atoms with van der Waals surface area (Å²) in [6.07, 6.45) is 0. The van der Waals surface area contributed by atoms with Crippen LogP contribution in [0.3, 0.4) is 0 Å². The van der Waals surface area contributed by atoms with Gasteiger partial charge in [-0.25, -0.2) is 9.18 Å². The van der Waals surface area contributed by atoms with E-state index in [-0.39, 0.29) is 11.1 Å². The van der Waals surface area contributed by atoms with Crippen molar-refractivity contribution in [2.24, 2.45) is 0 Å². The maximum absolute atomic E-state index is 12.9. The Morgan fingerprint density at radius 3 is 2.42 bits per heavy atom. The molecule has 0 saturated carbocycles. The van der Waals surface area contributed by atoms with E-state index in [1.165, 1.54) is 12.1 Å². The second-order valence-electron chi connectivity index (χ2n) is 5.18. The largest absolute Gasteiger partial charge is 0.501 e. The van der Waals surface area contributed by atoms with Crippen LogP contribution in [0.4, 0.5) is 15.8 Å². The number of aromatic hydroxyl groups is 2. The molecule has 0 aliphatic rings. The number of phenols is 2. The summed E-state index contributed by atoms with van der Waals surface area (Å²) >= 11 is 0. The van der Waals surface area contributed by atoms with Gasteiger partial charge in [0.1, 0.15) is 11.4 Å². The Labute approximate surface area is 143 Å². The Balaban J connectivity index is 2.09. The van der Waals surface area contributed by atoms with Crippen molar-refractivity contribution in [2.75, 3.05) is 5.32 Å². The van der Waals surface area contributed by atoms with Gasteiger partial charge in [-0.2, -0.15) is 0 Å². The van der Waals surface area contributed by atoms with Crippen LogP contribution in [0.5, 0.6) is 11.5 Å². The maximum Gasteiger partial charge on any atom is 0.349 e. The molecule has 2 aromatic carbocycles. The highest BCUT2D eigenvalue weighted by Gasteiger charge is 2.24. The van der Waals surface area contributed by atoms with Crippen molar-refractivity contribution >= 4 is 28.3 Å². The zero-order chi connectivity index (χ0) is 19.0. The number of nitro groups is 1. The molecule has 0 spiro atoms. The van der Waals surface area contributed by atoms with Gasteiger partial charge in [0.15, 0.2) is 5.58 Å². The quantitative estimate of drug-likeness (QED) is 0.282. The predicted octanol–water partition coefficient (Wildman–Crippen LogP) is 2.50. The summed E-state index contributed by atoms with van der Waals surface area (Å²) in [4.78, 5) is 34.2. The molecular formula is C16H9FN2O7. The standard InChI is InChI=1S/C16H9FN2O7/c17-8-1-3-9(4-2-8)18-15(22)10-5-7-6-11(19(24)25)12(20)13(21)14(7)26-16(10)23/h1-6,20-21H,(H,18,22). The van der Waals surface area contributed by atoms with E-state index in [1.54, 1.807) is 0 Å². The van der Waals surface area contributed by atoms with E-state index in [4.69, 9.17) is 4.42 Å². The highest BCUT2D eigenvalue weighted by atomic mass is 19.1. The van der Waals surface area contributed by atoms with Gasteiger partial charge in [-0.05, 0) is 30.3 Å². The number of phenolic OH excluding ortho intramolecular Hbond substituents is 2. The number of amides is 1. The van der Waals surface area contributed by atoms with Gasteiger partial charge in [0.25, 0.3) is 5.91 Å². The SMILES string of the molecule is O=C(Nc1ccc(F)cc1)c1cc2cc([N+](=O)[O-])c(O)c(O)c2oc1=O. The topological polar surface area (TPSA) is 143 Å². The smallest absolute Gasteiger partial charge is 0.349 e. The van der Waals surface area contributed by atoms with Crippen LogP contribution in [-0.2, 0) is 0 Å². The third kappa shape index (κ3) is 2.90. The lowest BCUT2D eigenvalue weighted by Crippen LogP contribution is -2.20.